The maximum atomic E-state index is 11.5. The Kier molecular flexibility index (Phi) is 2.78. The molecule has 8 nitrogen and oxygen atoms in total. The van der Waals surface area contributed by atoms with Crippen molar-refractivity contribution in [3.63, 3.8) is 0 Å². The number of amides is 1. The SMILES string of the molecule is CCOC(=O)N1CCNCC12OS(=O)(=O)O2. The van der Waals surface area contributed by atoms with Crippen LogP contribution in [0.15, 0.2) is 0 Å². The second kappa shape index (κ2) is 3.84. The van der Waals surface area contributed by atoms with E-state index in [9.17, 15) is 13.2 Å². The first-order chi connectivity index (χ1) is 7.49. The molecule has 1 spiro atoms. The smallest absolute Gasteiger partial charge is 0.414 e. The molecule has 1 amide bonds. The van der Waals surface area contributed by atoms with Gasteiger partial charge in [-0.2, -0.15) is 16.8 Å². The number of hydrogen-bond acceptors (Lipinski definition) is 7. The molecule has 2 rings (SSSR count). The van der Waals surface area contributed by atoms with Crippen molar-refractivity contribution in [1.82, 2.24) is 10.2 Å². The van der Waals surface area contributed by atoms with Gasteiger partial charge in [0.1, 0.15) is 0 Å². The summed E-state index contributed by atoms with van der Waals surface area (Å²) in [6.45, 7) is 2.73. The largest absolute Gasteiger partial charge is 0.450 e. The van der Waals surface area contributed by atoms with E-state index in [0.717, 1.165) is 4.90 Å². The zero-order valence-electron chi connectivity index (χ0n) is 8.63. The number of nitrogens with one attached hydrogen (secondary N) is 1. The quantitative estimate of drug-likeness (QED) is 0.639. The standard InChI is InChI=1S/C7H12N2O6S/c1-2-13-6(10)9-4-3-8-5-7(9)14-16(11,12)15-7/h8H,2-5H2,1H3. The molecule has 2 saturated heterocycles. The van der Waals surface area contributed by atoms with E-state index in [4.69, 9.17) is 4.74 Å². The van der Waals surface area contributed by atoms with Gasteiger partial charge in [0.15, 0.2) is 0 Å². The molecule has 0 radical (unpaired) electrons. The second-order valence-corrected chi connectivity index (χ2v) is 4.46. The Labute approximate surface area is 92.8 Å². The predicted octanol–water partition coefficient (Wildman–Crippen LogP) is -1.01. The first-order valence-corrected chi connectivity index (χ1v) is 6.14. The van der Waals surface area contributed by atoms with Crippen molar-refractivity contribution in [3.8, 4) is 0 Å². The van der Waals surface area contributed by atoms with E-state index in [1.807, 2.05) is 0 Å². The zero-order chi connectivity index (χ0) is 11.8. The van der Waals surface area contributed by atoms with Gasteiger partial charge in [-0.1, -0.05) is 0 Å². The van der Waals surface area contributed by atoms with Crippen LogP contribution in [0.3, 0.4) is 0 Å². The molecule has 0 aliphatic carbocycles. The van der Waals surface area contributed by atoms with E-state index < -0.39 is 22.4 Å². The number of ether oxygens (including phenoxy) is 1. The highest BCUT2D eigenvalue weighted by molar-refractivity contribution is 7.82. The number of hydrogen-bond donors (Lipinski definition) is 1. The van der Waals surface area contributed by atoms with Crippen LogP contribution < -0.4 is 5.32 Å². The average Bonchev–Trinajstić information content (AvgIpc) is 2.15. The fraction of sp³-hybridized carbons (Fsp3) is 0.857. The van der Waals surface area contributed by atoms with E-state index in [1.54, 1.807) is 6.92 Å². The van der Waals surface area contributed by atoms with Gasteiger partial charge in [0.2, 0.25) is 0 Å². The number of piperazine rings is 1. The third-order valence-electron chi connectivity index (χ3n) is 2.22. The van der Waals surface area contributed by atoms with Crippen LogP contribution in [-0.2, 0) is 23.5 Å². The Hall–Kier alpha value is -0.900. The van der Waals surface area contributed by atoms with Crippen LogP contribution in [0.25, 0.3) is 0 Å². The molecule has 0 aromatic rings. The lowest BCUT2D eigenvalue weighted by Crippen LogP contribution is -2.71. The van der Waals surface area contributed by atoms with E-state index in [1.165, 1.54) is 0 Å². The van der Waals surface area contributed by atoms with Crippen LogP contribution >= 0.6 is 0 Å². The molecule has 0 aromatic carbocycles. The van der Waals surface area contributed by atoms with Gasteiger partial charge in [-0.05, 0) is 6.92 Å². The molecule has 0 saturated carbocycles. The second-order valence-electron chi connectivity index (χ2n) is 3.31. The molecule has 2 fully saturated rings. The summed E-state index contributed by atoms with van der Waals surface area (Å²) in [5, 5.41) is 2.88. The molecule has 1 N–H and O–H groups in total. The Morgan fingerprint density at radius 1 is 1.56 bits per heavy atom. The van der Waals surface area contributed by atoms with Crippen LogP contribution in [-0.4, -0.2) is 51.6 Å². The molecule has 9 heteroatoms. The van der Waals surface area contributed by atoms with Gasteiger partial charge in [-0.25, -0.2) is 4.79 Å². The average molecular weight is 252 g/mol. The molecule has 2 aliphatic heterocycles. The molecule has 16 heavy (non-hydrogen) atoms. The van der Waals surface area contributed by atoms with E-state index in [2.05, 4.69) is 13.7 Å². The van der Waals surface area contributed by atoms with Crippen LogP contribution in [0.4, 0.5) is 4.79 Å². The molecule has 92 valence electrons. The summed E-state index contributed by atoms with van der Waals surface area (Å²) in [7, 11) is -3.96. The minimum absolute atomic E-state index is 0.0883. The maximum absolute atomic E-state index is 11.5. The molecule has 2 heterocycles. The predicted molar refractivity (Wildman–Crippen MR) is 50.4 cm³/mol. The summed E-state index contributed by atoms with van der Waals surface area (Å²) in [6.07, 6.45) is -0.654. The first kappa shape index (κ1) is 11.6. The topological polar surface area (TPSA) is 94.2 Å². The van der Waals surface area contributed by atoms with Crippen molar-refractivity contribution < 1.29 is 26.3 Å². The van der Waals surface area contributed by atoms with E-state index >= 15 is 0 Å². The van der Waals surface area contributed by atoms with Gasteiger partial charge in [-0.3, -0.25) is 4.90 Å². The Balaban J connectivity index is 2.13. The summed E-state index contributed by atoms with van der Waals surface area (Å²) >= 11 is 0. The molecular formula is C7H12N2O6S. The zero-order valence-corrected chi connectivity index (χ0v) is 9.45. The lowest BCUT2D eigenvalue weighted by Gasteiger charge is -2.47. The van der Waals surface area contributed by atoms with Crippen LogP contribution in [0.2, 0.25) is 0 Å². The number of carbonyl (C=O) groups is 1. The minimum atomic E-state index is -3.96. The maximum Gasteiger partial charge on any atom is 0.414 e. The fourth-order valence-electron chi connectivity index (χ4n) is 1.61. The van der Waals surface area contributed by atoms with Gasteiger partial charge >= 0.3 is 22.4 Å². The Bertz CT molecular complexity index is 382. The minimum Gasteiger partial charge on any atom is -0.450 e. The number of nitrogens with zero attached hydrogens (tertiary/aromatic N) is 1. The van der Waals surface area contributed by atoms with Gasteiger partial charge < -0.3 is 10.1 Å². The highest BCUT2D eigenvalue weighted by Crippen LogP contribution is 2.35. The molecule has 0 atom stereocenters. The normalized spacial score (nSPS) is 26.2. The van der Waals surface area contributed by atoms with Gasteiger partial charge in [0.25, 0.3) is 0 Å². The van der Waals surface area contributed by atoms with Gasteiger partial charge in [0.05, 0.1) is 13.2 Å². The van der Waals surface area contributed by atoms with Crippen molar-refractivity contribution in [2.75, 3.05) is 26.2 Å². The summed E-state index contributed by atoms with van der Waals surface area (Å²) < 4.78 is 35.8. The highest BCUT2D eigenvalue weighted by Gasteiger charge is 2.60. The van der Waals surface area contributed by atoms with Crippen LogP contribution in [0.5, 0.6) is 0 Å². The van der Waals surface area contributed by atoms with Crippen molar-refractivity contribution in [3.05, 3.63) is 0 Å². The monoisotopic (exact) mass is 252 g/mol. The lowest BCUT2D eigenvalue weighted by molar-refractivity contribution is -0.271. The molecule has 0 unspecified atom stereocenters. The summed E-state index contributed by atoms with van der Waals surface area (Å²) in [5.41, 5.74) is 0. The summed E-state index contributed by atoms with van der Waals surface area (Å²) in [4.78, 5) is 12.7. The van der Waals surface area contributed by atoms with Crippen LogP contribution in [0, 0.1) is 0 Å². The molecular weight excluding hydrogens is 240 g/mol. The van der Waals surface area contributed by atoms with E-state index in [0.29, 0.717) is 6.54 Å². The van der Waals surface area contributed by atoms with E-state index in [-0.39, 0.29) is 19.7 Å². The third kappa shape index (κ3) is 1.86. The van der Waals surface area contributed by atoms with Gasteiger partial charge in [-0.15, -0.1) is 0 Å². The Morgan fingerprint density at radius 2 is 2.25 bits per heavy atom. The number of carbonyl (C=O) groups excluding carboxylic acids is 1. The number of rotatable bonds is 1. The van der Waals surface area contributed by atoms with Crippen molar-refractivity contribution in [2.24, 2.45) is 0 Å². The fourth-order valence-corrected chi connectivity index (χ4v) is 2.56. The Morgan fingerprint density at radius 3 is 2.81 bits per heavy atom. The van der Waals surface area contributed by atoms with Crippen molar-refractivity contribution in [2.45, 2.75) is 12.8 Å². The lowest BCUT2D eigenvalue weighted by atomic mass is 10.3. The molecule has 0 bridgehead atoms. The third-order valence-corrected chi connectivity index (χ3v) is 3.15. The highest BCUT2D eigenvalue weighted by atomic mass is 32.3. The van der Waals surface area contributed by atoms with Crippen molar-refractivity contribution >= 4 is 16.5 Å². The first-order valence-electron chi connectivity index (χ1n) is 4.80. The molecule has 0 aromatic heterocycles. The molecule has 2 aliphatic rings. The van der Waals surface area contributed by atoms with Crippen molar-refractivity contribution in [1.29, 1.82) is 0 Å². The van der Waals surface area contributed by atoms with Crippen LogP contribution in [0.1, 0.15) is 6.92 Å². The summed E-state index contributed by atoms with van der Waals surface area (Å²) in [6, 6.07) is 0. The summed E-state index contributed by atoms with van der Waals surface area (Å²) in [5.74, 6) is -1.57. The van der Waals surface area contributed by atoms with Gasteiger partial charge in [0, 0.05) is 13.1 Å².